The number of rotatable bonds is 9. The van der Waals surface area contributed by atoms with Crippen molar-refractivity contribution >= 4 is 12.2 Å². The lowest BCUT2D eigenvalue weighted by Crippen LogP contribution is -2.31. The first-order valence-electron chi connectivity index (χ1n) is 12.3. The molecule has 3 unspecified atom stereocenters. The molecule has 1 aromatic heterocycles. The summed E-state index contributed by atoms with van der Waals surface area (Å²) in [6.07, 6.45) is 26.5. The first-order chi connectivity index (χ1) is 17.7. The number of aromatic nitrogens is 1. The fourth-order valence-electron chi connectivity index (χ4n) is 5.12. The highest BCUT2D eigenvalue weighted by Crippen LogP contribution is 2.50. The van der Waals surface area contributed by atoms with Crippen LogP contribution in [0.15, 0.2) is 107 Å². The number of para-hydroxylation sites is 1. The van der Waals surface area contributed by atoms with Crippen molar-refractivity contribution in [3.8, 4) is 5.75 Å². The molecule has 1 spiro atoms. The first-order valence-corrected chi connectivity index (χ1v) is 12.3. The quantitative estimate of drug-likeness (QED) is 0.460. The van der Waals surface area contributed by atoms with Gasteiger partial charge in [-0.1, -0.05) is 84.1 Å². The molecule has 1 heterocycles. The van der Waals surface area contributed by atoms with Crippen LogP contribution in [0.25, 0.3) is 12.2 Å². The normalized spacial score (nSPS) is 23.1. The molecule has 1 N–H and O–H groups in total. The van der Waals surface area contributed by atoms with E-state index in [0.29, 0.717) is 24.5 Å². The van der Waals surface area contributed by atoms with Crippen LogP contribution in [0.4, 0.5) is 0 Å². The van der Waals surface area contributed by atoms with Gasteiger partial charge in [-0.2, -0.15) is 0 Å². The smallest absolute Gasteiger partial charge is 0.160 e. The number of hydrogen-bond acceptors (Lipinski definition) is 5. The molecule has 1 aromatic carbocycles. The number of nitrogens with zero attached hydrogens (tertiary/aromatic N) is 1. The van der Waals surface area contributed by atoms with E-state index in [1.165, 1.54) is 11.1 Å². The summed E-state index contributed by atoms with van der Waals surface area (Å²) in [4.78, 5) is 0. The van der Waals surface area contributed by atoms with Gasteiger partial charge in [0.05, 0.1) is 12.7 Å². The number of hydrogen-bond donors (Lipinski definition) is 1. The number of methoxy groups -OCH3 is 1. The molecule has 0 radical (unpaired) electrons. The Balaban J connectivity index is 1.25. The Morgan fingerprint density at radius 2 is 2.08 bits per heavy atom. The second-order valence-electron chi connectivity index (χ2n) is 9.28. The van der Waals surface area contributed by atoms with Crippen LogP contribution in [0.5, 0.6) is 5.75 Å². The zero-order valence-corrected chi connectivity index (χ0v) is 20.4. The molecule has 0 fully saturated rings. The van der Waals surface area contributed by atoms with Gasteiger partial charge in [-0.3, -0.25) is 0 Å². The minimum Gasteiger partial charge on any atom is -0.490 e. The lowest BCUT2D eigenvalue weighted by molar-refractivity contribution is 0.0922. The van der Waals surface area contributed by atoms with Crippen LogP contribution in [0, 0.1) is 11.3 Å². The van der Waals surface area contributed by atoms with Gasteiger partial charge < -0.3 is 19.1 Å². The standard InChI is InChI=1S/C31H31NO4/c1-34-21-26-20-28(36-32-26)16-15-23-9-2-3-14-30(23)35-22-27(33)19-24-10-8-12-25-11-4-6-17-31(25)18-7-5-13-29(24)31/h2-17,20,24,27,33H,18-19,21-22H2,1H3/b16-15+. The molecule has 0 amide bonds. The van der Waals surface area contributed by atoms with Gasteiger partial charge in [0.1, 0.15) is 18.1 Å². The number of ether oxygens (including phenoxy) is 2. The van der Waals surface area contributed by atoms with Crippen molar-refractivity contribution in [2.75, 3.05) is 13.7 Å². The van der Waals surface area contributed by atoms with E-state index < -0.39 is 6.10 Å². The largest absolute Gasteiger partial charge is 0.490 e. The van der Waals surface area contributed by atoms with Gasteiger partial charge in [0.15, 0.2) is 5.76 Å². The molecule has 184 valence electrons. The van der Waals surface area contributed by atoms with Crippen LogP contribution in [0.2, 0.25) is 0 Å². The van der Waals surface area contributed by atoms with Gasteiger partial charge in [-0.15, -0.1) is 0 Å². The molecule has 0 aliphatic heterocycles. The predicted octanol–water partition coefficient (Wildman–Crippen LogP) is 6.23. The molecule has 3 atom stereocenters. The molecular formula is C31H31NO4. The SMILES string of the molecule is COCc1cc(/C=C/c2ccccc2OCC(O)CC2C=CC=C3C=CC=CC34CC=CC=C24)on1. The lowest BCUT2D eigenvalue weighted by Gasteiger charge is -2.39. The molecule has 3 aliphatic carbocycles. The summed E-state index contributed by atoms with van der Waals surface area (Å²) in [6.45, 7) is 0.616. The Bertz CT molecular complexity index is 1290. The molecule has 3 aliphatic rings. The van der Waals surface area contributed by atoms with E-state index in [1.54, 1.807) is 7.11 Å². The second kappa shape index (κ2) is 10.9. The van der Waals surface area contributed by atoms with E-state index in [-0.39, 0.29) is 17.9 Å². The molecule has 2 aromatic rings. The summed E-state index contributed by atoms with van der Waals surface area (Å²) in [5, 5.41) is 15.0. The van der Waals surface area contributed by atoms with Crippen molar-refractivity contribution in [3.05, 3.63) is 119 Å². The fraction of sp³-hybridized carbons (Fsp3) is 0.258. The summed E-state index contributed by atoms with van der Waals surface area (Å²) in [5.74, 6) is 1.48. The zero-order valence-electron chi connectivity index (χ0n) is 20.4. The van der Waals surface area contributed by atoms with E-state index in [2.05, 4.69) is 65.9 Å². The first kappa shape index (κ1) is 24.0. The van der Waals surface area contributed by atoms with Crippen molar-refractivity contribution in [3.63, 3.8) is 0 Å². The maximum atomic E-state index is 11.0. The third-order valence-electron chi connectivity index (χ3n) is 6.84. The van der Waals surface area contributed by atoms with Gasteiger partial charge in [0.2, 0.25) is 0 Å². The van der Waals surface area contributed by atoms with Gasteiger partial charge in [0, 0.05) is 30.1 Å². The molecule has 36 heavy (non-hydrogen) atoms. The van der Waals surface area contributed by atoms with Gasteiger partial charge in [-0.05, 0) is 42.2 Å². The Morgan fingerprint density at radius 1 is 1.17 bits per heavy atom. The van der Waals surface area contributed by atoms with Crippen LogP contribution in [-0.2, 0) is 11.3 Å². The van der Waals surface area contributed by atoms with Crippen LogP contribution >= 0.6 is 0 Å². The lowest BCUT2D eigenvalue weighted by atomic mass is 9.64. The molecule has 5 rings (SSSR count). The van der Waals surface area contributed by atoms with E-state index in [1.807, 2.05) is 42.5 Å². The van der Waals surface area contributed by atoms with Gasteiger partial charge >= 0.3 is 0 Å². The summed E-state index contributed by atoms with van der Waals surface area (Å²) in [7, 11) is 1.62. The summed E-state index contributed by atoms with van der Waals surface area (Å²) in [5.41, 5.74) is 4.14. The minimum absolute atomic E-state index is 0.126. The van der Waals surface area contributed by atoms with Crippen molar-refractivity contribution in [1.82, 2.24) is 5.16 Å². The highest BCUT2D eigenvalue weighted by atomic mass is 16.5. The van der Waals surface area contributed by atoms with E-state index in [4.69, 9.17) is 14.0 Å². The van der Waals surface area contributed by atoms with Crippen molar-refractivity contribution < 1.29 is 19.1 Å². The molecule has 5 heteroatoms. The number of benzene rings is 1. The number of aliphatic hydroxyl groups is 1. The summed E-state index contributed by atoms with van der Waals surface area (Å²) >= 11 is 0. The van der Waals surface area contributed by atoms with E-state index in [0.717, 1.165) is 17.7 Å². The monoisotopic (exact) mass is 481 g/mol. The van der Waals surface area contributed by atoms with Gasteiger partial charge in [-0.25, -0.2) is 0 Å². The zero-order chi connectivity index (χ0) is 24.8. The van der Waals surface area contributed by atoms with Crippen LogP contribution in [0.3, 0.4) is 0 Å². The molecule has 0 saturated carbocycles. The van der Waals surface area contributed by atoms with Crippen molar-refractivity contribution in [1.29, 1.82) is 0 Å². The van der Waals surface area contributed by atoms with Crippen LogP contribution in [-0.4, -0.2) is 30.1 Å². The Morgan fingerprint density at radius 3 is 3.00 bits per heavy atom. The van der Waals surface area contributed by atoms with E-state index >= 15 is 0 Å². The topological polar surface area (TPSA) is 64.7 Å². The van der Waals surface area contributed by atoms with Crippen molar-refractivity contribution in [2.45, 2.75) is 25.6 Å². The highest BCUT2D eigenvalue weighted by molar-refractivity contribution is 5.70. The third-order valence-corrected chi connectivity index (χ3v) is 6.84. The maximum Gasteiger partial charge on any atom is 0.160 e. The molecule has 5 nitrogen and oxygen atoms in total. The summed E-state index contributed by atoms with van der Waals surface area (Å²) < 4.78 is 16.5. The molecule has 0 saturated heterocycles. The third kappa shape index (κ3) is 5.13. The van der Waals surface area contributed by atoms with E-state index in [9.17, 15) is 5.11 Å². The predicted molar refractivity (Wildman–Crippen MR) is 142 cm³/mol. The van der Waals surface area contributed by atoms with Crippen LogP contribution < -0.4 is 4.74 Å². The number of allylic oxidation sites excluding steroid dienone is 12. The highest BCUT2D eigenvalue weighted by Gasteiger charge is 2.39. The minimum atomic E-state index is -0.615. The van der Waals surface area contributed by atoms with Crippen LogP contribution in [0.1, 0.15) is 29.9 Å². The Kier molecular flexibility index (Phi) is 7.31. The maximum absolute atomic E-state index is 11.0. The Hall–Kier alpha value is -3.67. The molecule has 0 bridgehead atoms. The molecular weight excluding hydrogens is 450 g/mol. The average molecular weight is 482 g/mol. The average Bonchev–Trinajstić information content (AvgIpc) is 3.28. The Labute approximate surface area is 212 Å². The fourth-order valence-corrected chi connectivity index (χ4v) is 5.12. The van der Waals surface area contributed by atoms with Crippen molar-refractivity contribution in [2.24, 2.45) is 11.3 Å². The number of aliphatic hydroxyl groups excluding tert-OH is 1. The van der Waals surface area contributed by atoms with Gasteiger partial charge in [0.25, 0.3) is 0 Å². The second-order valence-corrected chi connectivity index (χ2v) is 9.28. The summed E-state index contributed by atoms with van der Waals surface area (Å²) in [6, 6.07) is 9.60.